The van der Waals surface area contributed by atoms with E-state index >= 15 is 0 Å². The molecule has 11 heteroatoms. The van der Waals surface area contributed by atoms with Crippen molar-refractivity contribution in [3.8, 4) is 0 Å². The number of hydrogen-bond donors (Lipinski definition) is 3. The van der Waals surface area contributed by atoms with Crippen LogP contribution >= 0.6 is 0 Å². The maximum absolute atomic E-state index is 11.8. The van der Waals surface area contributed by atoms with Crippen LogP contribution in [0.2, 0.25) is 0 Å². The van der Waals surface area contributed by atoms with E-state index < -0.39 is 16.3 Å². The van der Waals surface area contributed by atoms with E-state index in [9.17, 15) is 13.2 Å². The monoisotopic (exact) mass is 298 g/mol. The van der Waals surface area contributed by atoms with Crippen LogP contribution in [-0.4, -0.2) is 63.8 Å². The van der Waals surface area contributed by atoms with E-state index in [0.29, 0.717) is 0 Å². The molecule has 0 spiro atoms. The highest BCUT2D eigenvalue weighted by Crippen LogP contribution is 2.00. The smallest absolute Gasteiger partial charge is 0.421 e. The molecule has 0 atom stereocenters. The predicted molar refractivity (Wildman–Crippen MR) is 65.9 cm³/mol. The van der Waals surface area contributed by atoms with E-state index in [1.807, 2.05) is 0 Å². The summed E-state index contributed by atoms with van der Waals surface area (Å²) in [6, 6.07) is 0. The van der Waals surface area contributed by atoms with Crippen LogP contribution in [0.5, 0.6) is 0 Å². The van der Waals surface area contributed by atoms with E-state index in [-0.39, 0.29) is 32.0 Å². The zero-order valence-corrected chi connectivity index (χ0v) is 11.5. The lowest BCUT2D eigenvalue weighted by Crippen LogP contribution is -2.45. The molecule has 0 saturated carbocycles. The molecule has 0 aromatic heterocycles. The van der Waals surface area contributed by atoms with E-state index in [1.54, 1.807) is 4.72 Å². The second kappa shape index (κ2) is 8.50. The zero-order chi connectivity index (χ0) is 14.9. The van der Waals surface area contributed by atoms with E-state index in [1.165, 1.54) is 7.11 Å². The number of methoxy groups -OCH3 is 2. The molecule has 10 nitrogen and oxygen atoms in total. The van der Waals surface area contributed by atoms with Gasteiger partial charge in [-0.2, -0.15) is 12.7 Å². The fourth-order valence-electron chi connectivity index (χ4n) is 1.05. The quantitative estimate of drug-likeness (QED) is 0.218. The molecule has 112 valence electrons. The van der Waals surface area contributed by atoms with Crippen molar-refractivity contribution in [3.63, 3.8) is 0 Å². The van der Waals surface area contributed by atoms with Gasteiger partial charge in [0.15, 0.2) is 0 Å². The second-order valence-electron chi connectivity index (χ2n) is 3.33. The molecule has 0 aliphatic heterocycles. The van der Waals surface area contributed by atoms with Crippen molar-refractivity contribution in [1.82, 2.24) is 9.03 Å². The Morgan fingerprint density at radius 3 is 2.53 bits per heavy atom. The van der Waals surface area contributed by atoms with Gasteiger partial charge in [0.1, 0.15) is 5.84 Å². The van der Waals surface area contributed by atoms with Crippen molar-refractivity contribution in [2.45, 2.75) is 6.42 Å². The van der Waals surface area contributed by atoms with Crippen LogP contribution in [0.4, 0.5) is 4.79 Å². The number of amides is 1. The Balaban J connectivity index is 4.76. The van der Waals surface area contributed by atoms with Gasteiger partial charge < -0.3 is 20.4 Å². The summed E-state index contributed by atoms with van der Waals surface area (Å²) < 4.78 is 35.2. The van der Waals surface area contributed by atoms with Crippen molar-refractivity contribution in [1.29, 1.82) is 0 Å². The Kier molecular flexibility index (Phi) is 7.79. The Morgan fingerprint density at radius 2 is 2.05 bits per heavy atom. The molecule has 4 N–H and O–H groups in total. The molecule has 0 aliphatic rings. The molecule has 0 heterocycles. The lowest BCUT2D eigenvalue weighted by Gasteiger charge is -2.21. The van der Waals surface area contributed by atoms with Crippen LogP contribution in [0, 0.1) is 0 Å². The number of carbonyl (C=O) groups excluding carboxylic acids is 1. The first kappa shape index (κ1) is 17.4. The highest BCUT2D eigenvalue weighted by Gasteiger charge is 2.24. The predicted octanol–water partition coefficient (Wildman–Crippen LogP) is -1.33. The van der Waals surface area contributed by atoms with Crippen LogP contribution in [-0.2, 0) is 19.7 Å². The summed E-state index contributed by atoms with van der Waals surface area (Å²) >= 11 is 0. The van der Waals surface area contributed by atoms with Gasteiger partial charge in [0, 0.05) is 26.6 Å². The number of nitrogens with one attached hydrogen (secondary N) is 1. The van der Waals surface area contributed by atoms with Gasteiger partial charge in [0.05, 0.1) is 13.7 Å². The summed E-state index contributed by atoms with van der Waals surface area (Å²) in [5, 5.41) is 11.1. The Labute approximate surface area is 111 Å². The SMILES string of the molecule is COCCN(CCC(N)=NO)S(=O)(=O)NC(=O)OC. The molecule has 0 fully saturated rings. The van der Waals surface area contributed by atoms with Crippen LogP contribution in [0.25, 0.3) is 0 Å². The van der Waals surface area contributed by atoms with E-state index in [4.69, 9.17) is 15.7 Å². The zero-order valence-electron chi connectivity index (χ0n) is 10.7. The van der Waals surface area contributed by atoms with Gasteiger partial charge in [-0.05, 0) is 0 Å². The number of carbonyl (C=O) groups is 1. The van der Waals surface area contributed by atoms with Crippen LogP contribution < -0.4 is 10.5 Å². The molecule has 0 saturated heterocycles. The Bertz CT molecular complexity index is 409. The van der Waals surface area contributed by atoms with Crippen LogP contribution in [0.1, 0.15) is 6.42 Å². The normalized spacial score (nSPS) is 12.5. The largest absolute Gasteiger partial charge is 0.452 e. The number of amidine groups is 1. The van der Waals surface area contributed by atoms with Crippen LogP contribution in [0.15, 0.2) is 5.16 Å². The maximum atomic E-state index is 11.8. The number of ether oxygens (including phenoxy) is 2. The lowest BCUT2D eigenvalue weighted by atomic mass is 10.4. The molecule has 0 aliphatic carbocycles. The summed E-state index contributed by atoms with van der Waals surface area (Å²) in [5.41, 5.74) is 5.26. The molecule has 0 radical (unpaired) electrons. The first-order valence-electron chi connectivity index (χ1n) is 5.18. The molecule has 0 bridgehead atoms. The minimum Gasteiger partial charge on any atom is -0.452 e. The van der Waals surface area contributed by atoms with Gasteiger partial charge in [-0.1, -0.05) is 5.16 Å². The summed E-state index contributed by atoms with van der Waals surface area (Å²) in [6.45, 7) is 0.0470. The molecular weight excluding hydrogens is 280 g/mol. The van der Waals surface area contributed by atoms with Crippen molar-refractivity contribution in [2.75, 3.05) is 33.9 Å². The van der Waals surface area contributed by atoms with Gasteiger partial charge >= 0.3 is 16.3 Å². The van der Waals surface area contributed by atoms with Crippen molar-refractivity contribution >= 4 is 22.1 Å². The minimum absolute atomic E-state index is 0.00152. The highest BCUT2D eigenvalue weighted by molar-refractivity contribution is 7.87. The molecular formula is C8H18N4O6S. The van der Waals surface area contributed by atoms with E-state index in [2.05, 4.69) is 9.89 Å². The third-order valence-electron chi connectivity index (χ3n) is 2.03. The molecule has 19 heavy (non-hydrogen) atoms. The Morgan fingerprint density at radius 1 is 1.42 bits per heavy atom. The molecule has 0 aromatic carbocycles. The summed E-state index contributed by atoms with van der Waals surface area (Å²) in [4.78, 5) is 10.9. The maximum Gasteiger partial charge on any atom is 0.421 e. The first-order chi connectivity index (χ1) is 8.87. The standard InChI is InChI=1S/C8H18N4O6S/c1-17-6-5-12(4-3-7(9)10-14)19(15,16)11-8(13)18-2/h14H,3-6H2,1-2H3,(H2,9,10)(H,11,13). The average molecular weight is 298 g/mol. The Hall–Kier alpha value is -1.59. The average Bonchev–Trinajstić information content (AvgIpc) is 2.37. The lowest BCUT2D eigenvalue weighted by molar-refractivity contribution is 0.172. The van der Waals surface area contributed by atoms with Gasteiger partial charge in [0.25, 0.3) is 0 Å². The topological polar surface area (TPSA) is 144 Å². The summed E-state index contributed by atoms with van der Waals surface area (Å²) in [7, 11) is -1.63. The number of oxime groups is 1. The minimum atomic E-state index is -4.07. The highest BCUT2D eigenvalue weighted by atomic mass is 32.2. The summed E-state index contributed by atoms with van der Waals surface area (Å²) in [5.74, 6) is -0.129. The number of rotatable bonds is 8. The third kappa shape index (κ3) is 6.79. The van der Waals surface area contributed by atoms with Crippen molar-refractivity contribution in [2.24, 2.45) is 10.9 Å². The first-order valence-corrected chi connectivity index (χ1v) is 6.62. The van der Waals surface area contributed by atoms with Gasteiger partial charge in [-0.3, -0.25) is 0 Å². The van der Waals surface area contributed by atoms with E-state index in [0.717, 1.165) is 11.4 Å². The third-order valence-corrected chi connectivity index (χ3v) is 3.50. The molecule has 0 aromatic rings. The summed E-state index contributed by atoms with van der Waals surface area (Å²) in [6.07, 6.45) is -1.10. The second-order valence-corrected chi connectivity index (χ2v) is 5.00. The van der Waals surface area contributed by atoms with Crippen molar-refractivity contribution < 1.29 is 27.9 Å². The molecule has 0 unspecified atom stereocenters. The number of nitrogens with two attached hydrogens (primary N) is 1. The van der Waals surface area contributed by atoms with Crippen molar-refractivity contribution in [3.05, 3.63) is 0 Å². The number of hydrogen-bond acceptors (Lipinski definition) is 7. The van der Waals surface area contributed by atoms with Gasteiger partial charge in [-0.15, -0.1) is 0 Å². The fourth-order valence-corrected chi connectivity index (χ4v) is 2.12. The number of nitrogens with zero attached hydrogens (tertiary/aromatic N) is 2. The molecule has 0 rings (SSSR count). The van der Waals surface area contributed by atoms with Gasteiger partial charge in [-0.25, -0.2) is 9.52 Å². The van der Waals surface area contributed by atoms with Crippen LogP contribution in [0.3, 0.4) is 0 Å². The molecule has 1 amide bonds. The van der Waals surface area contributed by atoms with Gasteiger partial charge in [0.2, 0.25) is 0 Å². The fraction of sp³-hybridized carbons (Fsp3) is 0.750.